The first-order valence-corrected chi connectivity index (χ1v) is 6.76. The van der Waals surface area contributed by atoms with Crippen molar-refractivity contribution in [3.8, 4) is 0 Å². The number of aryl methyl sites for hydroxylation is 1. The third kappa shape index (κ3) is 1.83. The van der Waals surface area contributed by atoms with Gasteiger partial charge in [0.1, 0.15) is 16.9 Å². The number of furan rings is 1. The van der Waals surface area contributed by atoms with Gasteiger partial charge in [-0.1, -0.05) is 12.8 Å². The summed E-state index contributed by atoms with van der Waals surface area (Å²) in [6.07, 6.45) is 2.69. The molecule has 0 unspecified atom stereocenters. The third-order valence-electron chi connectivity index (χ3n) is 4.12. The van der Waals surface area contributed by atoms with E-state index >= 15 is 0 Å². The van der Waals surface area contributed by atoms with Crippen LogP contribution in [0.4, 0.5) is 4.79 Å². The van der Waals surface area contributed by atoms with E-state index in [9.17, 15) is 14.4 Å². The second-order valence-corrected chi connectivity index (χ2v) is 5.45. The highest BCUT2D eigenvalue weighted by Crippen LogP contribution is 2.42. The highest BCUT2D eigenvalue weighted by Gasteiger charge is 2.55. The maximum atomic E-state index is 12.6. The molecule has 0 radical (unpaired) electrons. The van der Waals surface area contributed by atoms with Gasteiger partial charge in [-0.15, -0.1) is 0 Å². The predicted octanol–water partition coefficient (Wildman–Crippen LogP) is 1.73. The molecule has 1 saturated carbocycles. The Kier molecular flexibility index (Phi) is 2.88. The zero-order valence-electron chi connectivity index (χ0n) is 11.3. The number of rotatable bonds is 2. The summed E-state index contributed by atoms with van der Waals surface area (Å²) in [5.74, 6) is 0.416. The summed E-state index contributed by atoms with van der Waals surface area (Å²) in [5.41, 5.74) is -1.05. The summed E-state index contributed by atoms with van der Waals surface area (Å²) in [4.78, 5) is 37.6. The molecule has 1 aliphatic carbocycles. The molecule has 6 heteroatoms. The average molecular weight is 276 g/mol. The van der Waals surface area contributed by atoms with Gasteiger partial charge >= 0.3 is 6.03 Å². The van der Waals surface area contributed by atoms with E-state index in [1.165, 1.54) is 0 Å². The van der Waals surface area contributed by atoms with Crippen LogP contribution in [0.5, 0.6) is 0 Å². The van der Waals surface area contributed by atoms with Crippen molar-refractivity contribution in [2.75, 3.05) is 0 Å². The number of barbiturate groups is 1. The van der Waals surface area contributed by atoms with Crippen LogP contribution in [0.3, 0.4) is 0 Å². The third-order valence-corrected chi connectivity index (χ3v) is 4.12. The van der Waals surface area contributed by atoms with Crippen LogP contribution in [0.2, 0.25) is 0 Å². The fraction of sp³-hybridized carbons (Fsp3) is 0.500. The summed E-state index contributed by atoms with van der Waals surface area (Å²) < 4.78 is 5.40. The first kappa shape index (κ1) is 12.9. The lowest BCUT2D eigenvalue weighted by Gasteiger charge is -2.36. The van der Waals surface area contributed by atoms with Crippen LogP contribution in [-0.2, 0) is 16.1 Å². The molecule has 3 rings (SSSR count). The van der Waals surface area contributed by atoms with Gasteiger partial charge in [-0.25, -0.2) is 4.79 Å². The summed E-state index contributed by atoms with van der Waals surface area (Å²) in [7, 11) is 0. The molecule has 0 aromatic carbocycles. The van der Waals surface area contributed by atoms with Crippen molar-refractivity contribution in [2.24, 2.45) is 5.41 Å². The van der Waals surface area contributed by atoms with Gasteiger partial charge in [0.25, 0.3) is 0 Å². The largest absolute Gasteiger partial charge is 0.464 e. The standard InChI is InChI=1S/C14H16N2O4/c1-9-4-5-10(20-9)8-16-12(18)14(6-2-3-7-14)11(17)15-13(16)19/h4-5H,2-3,6-8H2,1H3,(H,15,17,19). The Hall–Kier alpha value is -2.11. The molecule has 6 nitrogen and oxygen atoms in total. The van der Waals surface area contributed by atoms with Crippen LogP contribution in [0.1, 0.15) is 37.2 Å². The van der Waals surface area contributed by atoms with Gasteiger partial charge in [-0.2, -0.15) is 0 Å². The molecule has 2 heterocycles. The van der Waals surface area contributed by atoms with Crippen molar-refractivity contribution < 1.29 is 18.8 Å². The Morgan fingerprint density at radius 3 is 2.55 bits per heavy atom. The van der Waals surface area contributed by atoms with Crippen LogP contribution in [0, 0.1) is 12.3 Å². The number of urea groups is 1. The lowest BCUT2D eigenvalue weighted by molar-refractivity contribution is -0.151. The van der Waals surface area contributed by atoms with Crippen LogP contribution in [0.15, 0.2) is 16.5 Å². The van der Waals surface area contributed by atoms with Gasteiger partial charge in [0.05, 0.1) is 6.54 Å². The zero-order valence-corrected chi connectivity index (χ0v) is 11.3. The molecular formula is C14H16N2O4. The Bertz CT molecular complexity index is 584. The van der Waals surface area contributed by atoms with E-state index in [1.807, 2.05) is 0 Å². The van der Waals surface area contributed by atoms with Gasteiger partial charge < -0.3 is 4.42 Å². The minimum atomic E-state index is -1.05. The Labute approximate surface area is 116 Å². The number of carbonyl (C=O) groups is 3. The predicted molar refractivity (Wildman–Crippen MR) is 68.4 cm³/mol. The van der Waals surface area contributed by atoms with Crippen LogP contribution in [0.25, 0.3) is 0 Å². The van der Waals surface area contributed by atoms with Crippen molar-refractivity contribution in [1.29, 1.82) is 0 Å². The minimum Gasteiger partial charge on any atom is -0.464 e. The number of nitrogens with zero attached hydrogens (tertiary/aromatic N) is 1. The van der Waals surface area contributed by atoms with Gasteiger partial charge in [-0.05, 0) is 31.9 Å². The highest BCUT2D eigenvalue weighted by atomic mass is 16.3. The zero-order chi connectivity index (χ0) is 14.3. The lowest BCUT2D eigenvalue weighted by Crippen LogP contribution is -2.62. The normalized spacial score (nSPS) is 21.6. The SMILES string of the molecule is Cc1ccc(CN2C(=O)NC(=O)C3(CCCC3)C2=O)o1. The molecule has 1 saturated heterocycles. The molecule has 20 heavy (non-hydrogen) atoms. The van der Waals surface area contributed by atoms with Crippen molar-refractivity contribution in [3.63, 3.8) is 0 Å². The molecule has 4 amide bonds. The quantitative estimate of drug-likeness (QED) is 0.834. The molecule has 1 aliphatic heterocycles. The van der Waals surface area contributed by atoms with Gasteiger partial charge in [0.15, 0.2) is 0 Å². The second-order valence-electron chi connectivity index (χ2n) is 5.45. The number of imide groups is 2. The minimum absolute atomic E-state index is 0.0630. The van der Waals surface area contributed by atoms with Crippen molar-refractivity contribution >= 4 is 17.8 Å². The molecule has 0 bridgehead atoms. The molecule has 1 aromatic rings. The summed E-state index contributed by atoms with van der Waals surface area (Å²) >= 11 is 0. The molecule has 1 spiro atoms. The number of hydrogen-bond donors (Lipinski definition) is 1. The van der Waals surface area contributed by atoms with Gasteiger partial charge in [0.2, 0.25) is 11.8 Å². The van der Waals surface area contributed by atoms with Crippen molar-refractivity contribution in [3.05, 3.63) is 23.7 Å². The molecule has 2 aliphatic rings. The van der Waals surface area contributed by atoms with E-state index in [2.05, 4.69) is 5.32 Å². The van der Waals surface area contributed by atoms with Crippen molar-refractivity contribution in [2.45, 2.75) is 39.2 Å². The average Bonchev–Trinajstić information content (AvgIpc) is 3.03. The van der Waals surface area contributed by atoms with Gasteiger partial charge in [-0.3, -0.25) is 19.8 Å². The maximum absolute atomic E-state index is 12.6. The fourth-order valence-corrected chi connectivity index (χ4v) is 3.02. The molecule has 106 valence electrons. The van der Waals surface area contributed by atoms with E-state index in [1.54, 1.807) is 19.1 Å². The Morgan fingerprint density at radius 1 is 1.25 bits per heavy atom. The highest BCUT2D eigenvalue weighted by molar-refractivity contribution is 6.19. The van der Waals surface area contributed by atoms with Crippen LogP contribution >= 0.6 is 0 Å². The topological polar surface area (TPSA) is 79.6 Å². The summed E-state index contributed by atoms with van der Waals surface area (Å²) in [6, 6.07) is 2.85. The Balaban J connectivity index is 1.88. The maximum Gasteiger partial charge on any atom is 0.331 e. The first-order chi connectivity index (χ1) is 9.53. The summed E-state index contributed by atoms with van der Waals surface area (Å²) in [5, 5.41) is 2.31. The van der Waals surface area contributed by atoms with Crippen LogP contribution < -0.4 is 5.32 Å². The van der Waals surface area contributed by atoms with E-state index in [0.717, 1.165) is 23.5 Å². The fourth-order valence-electron chi connectivity index (χ4n) is 3.02. The van der Waals surface area contributed by atoms with E-state index in [0.29, 0.717) is 18.6 Å². The van der Waals surface area contributed by atoms with E-state index in [4.69, 9.17) is 4.42 Å². The molecule has 1 aromatic heterocycles. The van der Waals surface area contributed by atoms with E-state index < -0.39 is 23.3 Å². The second kappa shape index (κ2) is 4.47. The monoisotopic (exact) mass is 276 g/mol. The number of nitrogens with one attached hydrogen (secondary N) is 1. The number of hydrogen-bond acceptors (Lipinski definition) is 4. The molecular weight excluding hydrogens is 260 g/mol. The number of carbonyl (C=O) groups excluding carboxylic acids is 3. The lowest BCUT2D eigenvalue weighted by atomic mass is 9.82. The smallest absolute Gasteiger partial charge is 0.331 e. The first-order valence-electron chi connectivity index (χ1n) is 6.76. The molecule has 1 N–H and O–H groups in total. The molecule has 2 fully saturated rings. The van der Waals surface area contributed by atoms with Crippen molar-refractivity contribution in [1.82, 2.24) is 10.2 Å². The summed E-state index contributed by atoms with van der Waals surface area (Å²) in [6.45, 7) is 1.86. The Morgan fingerprint density at radius 2 is 1.95 bits per heavy atom. The number of amides is 4. The van der Waals surface area contributed by atoms with Crippen LogP contribution in [-0.4, -0.2) is 22.7 Å². The van der Waals surface area contributed by atoms with Gasteiger partial charge in [0, 0.05) is 0 Å². The molecule has 0 atom stereocenters. The van der Waals surface area contributed by atoms with E-state index in [-0.39, 0.29) is 6.54 Å².